The molecule has 0 aliphatic heterocycles. The maximum Gasteiger partial charge on any atom is 0.270 e. The Morgan fingerprint density at radius 1 is 1.58 bits per heavy atom. The summed E-state index contributed by atoms with van der Waals surface area (Å²) in [5.74, 6) is 0.162. The standard InChI is InChI=1S/C12H17N3O4/c1-8(5-12(13)16)14-7-9-6-10(15(17)18)3-4-11(9)19-2/h3-4,6,8,14H,5,7H2,1-2H3,(H2,13,16). The fourth-order valence-electron chi connectivity index (χ4n) is 1.67. The highest BCUT2D eigenvalue weighted by atomic mass is 16.6. The van der Waals surface area contributed by atoms with Gasteiger partial charge in [-0.2, -0.15) is 0 Å². The summed E-state index contributed by atoms with van der Waals surface area (Å²) in [4.78, 5) is 21.0. The van der Waals surface area contributed by atoms with Gasteiger partial charge < -0.3 is 15.8 Å². The summed E-state index contributed by atoms with van der Waals surface area (Å²) < 4.78 is 5.14. The van der Waals surface area contributed by atoms with E-state index in [-0.39, 0.29) is 18.2 Å². The molecule has 1 rings (SSSR count). The van der Waals surface area contributed by atoms with Gasteiger partial charge in [0.05, 0.1) is 12.0 Å². The van der Waals surface area contributed by atoms with Crippen LogP contribution in [0.4, 0.5) is 5.69 Å². The van der Waals surface area contributed by atoms with Crippen LogP contribution >= 0.6 is 0 Å². The maximum absolute atomic E-state index is 10.8. The molecule has 0 aliphatic carbocycles. The van der Waals surface area contributed by atoms with Gasteiger partial charge in [-0.15, -0.1) is 0 Å². The largest absolute Gasteiger partial charge is 0.496 e. The molecule has 0 fully saturated rings. The van der Waals surface area contributed by atoms with Gasteiger partial charge >= 0.3 is 0 Å². The van der Waals surface area contributed by atoms with Crippen LogP contribution in [0.1, 0.15) is 18.9 Å². The molecule has 3 N–H and O–H groups in total. The van der Waals surface area contributed by atoms with Crippen molar-refractivity contribution in [1.29, 1.82) is 0 Å². The molecule has 0 bridgehead atoms. The third-order valence-electron chi connectivity index (χ3n) is 2.62. The number of nitrogens with two attached hydrogens (primary N) is 1. The number of nitro groups is 1. The highest BCUT2D eigenvalue weighted by Crippen LogP contribution is 2.23. The predicted molar refractivity (Wildman–Crippen MR) is 69.8 cm³/mol. The van der Waals surface area contributed by atoms with E-state index in [1.165, 1.54) is 19.2 Å². The van der Waals surface area contributed by atoms with Crippen molar-refractivity contribution in [3.63, 3.8) is 0 Å². The molecule has 1 amide bonds. The molecule has 1 aromatic carbocycles. The Balaban J connectivity index is 2.77. The normalized spacial score (nSPS) is 11.9. The van der Waals surface area contributed by atoms with Crippen molar-refractivity contribution < 1.29 is 14.5 Å². The summed E-state index contributed by atoms with van der Waals surface area (Å²) in [6.07, 6.45) is 0.206. The van der Waals surface area contributed by atoms with Crippen LogP contribution in [0.2, 0.25) is 0 Å². The minimum Gasteiger partial charge on any atom is -0.496 e. The molecule has 1 atom stereocenters. The molecule has 0 spiro atoms. The number of hydrogen-bond acceptors (Lipinski definition) is 5. The number of nitro benzene ring substituents is 1. The number of non-ortho nitro benzene ring substituents is 1. The van der Waals surface area contributed by atoms with Crippen molar-refractivity contribution >= 4 is 11.6 Å². The zero-order valence-corrected chi connectivity index (χ0v) is 10.9. The van der Waals surface area contributed by atoms with Crippen LogP contribution in [0.25, 0.3) is 0 Å². The van der Waals surface area contributed by atoms with E-state index in [0.717, 1.165) is 0 Å². The summed E-state index contributed by atoms with van der Waals surface area (Å²) in [7, 11) is 1.50. The monoisotopic (exact) mass is 267 g/mol. The number of nitrogens with one attached hydrogen (secondary N) is 1. The molecule has 104 valence electrons. The van der Waals surface area contributed by atoms with Gasteiger partial charge in [0, 0.05) is 36.7 Å². The molecule has 1 aromatic rings. The molecule has 0 heterocycles. The number of amides is 1. The zero-order valence-electron chi connectivity index (χ0n) is 10.9. The van der Waals surface area contributed by atoms with Crippen molar-refractivity contribution in [3.8, 4) is 5.75 Å². The van der Waals surface area contributed by atoms with E-state index in [0.29, 0.717) is 17.9 Å². The third kappa shape index (κ3) is 4.55. The molecule has 0 radical (unpaired) electrons. The minimum absolute atomic E-state index is 0.000143. The average Bonchev–Trinajstić information content (AvgIpc) is 2.35. The number of nitrogens with zero attached hydrogens (tertiary/aromatic N) is 1. The fourth-order valence-corrected chi connectivity index (χ4v) is 1.67. The lowest BCUT2D eigenvalue weighted by molar-refractivity contribution is -0.384. The van der Waals surface area contributed by atoms with Gasteiger partial charge in [0.25, 0.3) is 5.69 Å². The molecular formula is C12H17N3O4. The average molecular weight is 267 g/mol. The number of carbonyl (C=O) groups is 1. The minimum atomic E-state index is -0.463. The quantitative estimate of drug-likeness (QED) is 0.565. The van der Waals surface area contributed by atoms with Crippen LogP contribution in [-0.2, 0) is 11.3 Å². The molecule has 0 saturated heterocycles. The zero-order chi connectivity index (χ0) is 14.4. The Bertz CT molecular complexity index is 476. The van der Waals surface area contributed by atoms with E-state index < -0.39 is 10.8 Å². The van der Waals surface area contributed by atoms with Crippen molar-refractivity contribution in [3.05, 3.63) is 33.9 Å². The Kier molecular flexibility index (Phi) is 5.25. The highest BCUT2D eigenvalue weighted by Gasteiger charge is 2.12. The van der Waals surface area contributed by atoms with Gasteiger partial charge in [-0.05, 0) is 13.0 Å². The number of hydrogen-bond donors (Lipinski definition) is 2. The first-order valence-electron chi connectivity index (χ1n) is 5.77. The van der Waals surface area contributed by atoms with Gasteiger partial charge in [-0.25, -0.2) is 0 Å². The summed E-state index contributed by atoms with van der Waals surface area (Å²) in [6.45, 7) is 2.17. The SMILES string of the molecule is COc1ccc([N+](=O)[O-])cc1CNC(C)CC(N)=O. The first-order valence-corrected chi connectivity index (χ1v) is 5.77. The third-order valence-corrected chi connectivity index (χ3v) is 2.62. The fraction of sp³-hybridized carbons (Fsp3) is 0.417. The molecule has 19 heavy (non-hydrogen) atoms. The van der Waals surface area contributed by atoms with Gasteiger partial charge in [-0.3, -0.25) is 14.9 Å². The first kappa shape index (κ1) is 14.9. The topological polar surface area (TPSA) is 107 Å². The van der Waals surface area contributed by atoms with Crippen molar-refractivity contribution in [2.45, 2.75) is 25.9 Å². The molecule has 0 aliphatic rings. The van der Waals surface area contributed by atoms with Gasteiger partial charge in [0.15, 0.2) is 0 Å². The Labute approximate surface area is 110 Å². The highest BCUT2D eigenvalue weighted by molar-refractivity contribution is 5.74. The maximum atomic E-state index is 10.8. The Morgan fingerprint density at radius 2 is 2.26 bits per heavy atom. The number of methoxy groups -OCH3 is 1. The van der Waals surface area contributed by atoms with Crippen LogP contribution < -0.4 is 15.8 Å². The number of ether oxygens (including phenoxy) is 1. The summed E-state index contributed by atoms with van der Waals surface area (Å²) >= 11 is 0. The summed E-state index contributed by atoms with van der Waals surface area (Å²) in [5, 5.41) is 13.8. The van der Waals surface area contributed by atoms with Gasteiger partial charge in [-0.1, -0.05) is 0 Å². The van der Waals surface area contributed by atoms with Gasteiger partial charge in [0.1, 0.15) is 5.75 Å². The first-order chi connectivity index (χ1) is 8.93. The van der Waals surface area contributed by atoms with Gasteiger partial charge in [0.2, 0.25) is 5.91 Å². The van der Waals surface area contributed by atoms with E-state index in [1.54, 1.807) is 6.07 Å². The molecule has 7 nitrogen and oxygen atoms in total. The molecule has 1 unspecified atom stereocenters. The van der Waals surface area contributed by atoms with Crippen molar-refractivity contribution in [2.75, 3.05) is 7.11 Å². The smallest absolute Gasteiger partial charge is 0.270 e. The molecule has 0 saturated carbocycles. The predicted octanol–water partition coefficient (Wildman–Crippen LogP) is 0.957. The summed E-state index contributed by atoms with van der Waals surface area (Å²) in [5.41, 5.74) is 5.75. The Morgan fingerprint density at radius 3 is 2.79 bits per heavy atom. The summed E-state index contributed by atoms with van der Waals surface area (Å²) in [6, 6.07) is 4.27. The van der Waals surface area contributed by atoms with Crippen LogP contribution in [0, 0.1) is 10.1 Å². The lowest BCUT2D eigenvalue weighted by Crippen LogP contribution is -2.30. The Hall–Kier alpha value is -2.15. The van der Waals surface area contributed by atoms with E-state index in [9.17, 15) is 14.9 Å². The van der Waals surface area contributed by atoms with Crippen LogP contribution in [-0.4, -0.2) is 24.0 Å². The second-order valence-corrected chi connectivity index (χ2v) is 4.21. The molecule has 7 heteroatoms. The second kappa shape index (κ2) is 6.69. The van der Waals surface area contributed by atoms with E-state index in [1.807, 2.05) is 6.92 Å². The number of carbonyl (C=O) groups excluding carboxylic acids is 1. The van der Waals surface area contributed by atoms with E-state index in [2.05, 4.69) is 5.32 Å². The molecular weight excluding hydrogens is 250 g/mol. The lowest BCUT2D eigenvalue weighted by atomic mass is 10.1. The molecule has 0 aromatic heterocycles. The van der Waals surface area contributed by atoms with E-state index in [4.69, 9.17) is 10.5 Å². The second-order valence-electron chi connectivity index (χ2n) is 4.21. The lowest BCUT2D eigenvalue weighted by Gasteiger charge is -2.13. The van der Waals surface area contributed by atoms with Crippen LogP contribution in [0.15, 0.2) is 18.2 Å². The number of rotatable bonds is 7. The number of benzene rings is 1. The van der Waals surface area contributed by atoms with Crippen molar-refractivity contribution in [2.24, 2.45) is 5.73 Å². The van der Waals surface area contributed by atoms with E-state index >= 15 is 0 Å². The van der Waals surface area contributed by atoms with Crippen LogP contribution in [0.5, 0.6) is 5.75 Å². The number of primary amides is 1. The van der Waals surface area contributed by atoms with Crippen LogP contribution in [0.3, 0.4) is 0 Å². The van der Waals surface area contributed by atoms with Crippen molar-refractivity contribution in [1.82, 2.24) is 5.32 Å².